The Morgan fingerprint density at radius 2 is 2.04 bits per heavy atom. The molecule has 3 rings (SSSR count). The molecule has 4 nitrogen and oxygen atoms in total. The second-order valence-electron chi connectivity index (χ2n) is 5.97. The van der Waals surface area contributed by atoms with Crippen LogP contribution in [0.15, 0.2) is 53.5 Å². The third kappa shape index (κ3) is 4.25. The summed E-state index contributed by atoms with van der Waals surface area (Å²) in [4.78, 5) is 4.43. The van der Waals surface area contributed by atoms with Crippen LogP contribution >= 0.6 is 0 Å². The molecule has 3 N–H and O–H groups in total. The maximum atomic E-state index is 6.02. The maximum Gasteiger partial charge on any atom is 0.193 e. The van der Waals surface area contributed by atoms with Gasteiger partial charge in [0.15, 0.2) is 5.96 Å². The van der Waals surface area contributed by atoms with Gasteiger partial charge < -0.3 is 15.8 Å². The van der Waals surface area contributed by atoms with Gasteiger partial charge >= 0.3 is 0 Å². The van der Waals surface area contributed by atoms with E-state index in [0.717, 1.165) is 29.8 Å². The molecule has 0 amide bonds. The van der Waals surface area contributed by atoms with Crippen molar-refractivity contribution in [3.05, 3.63) is 59.7 Å². The summed E-state index contributed by atoms with van der Waals surface area (Å²) in [6, 6.07) is 16.1. The summed E-state index contributed by atoms with van der Waals surface area (Å²) in [6.07, 6.45) is 3.92. The summed E-state index contributed by atoms with van der Waals surface area (Å²) >= 11 is 0. The van der Waals surface area contributed by atoms with Crippen molar-refractivity contribution in [1.29, 1.82) is 0 Å². The van der Waals surface area contributed by atoms with Crippen molar-refractivity contribution >= 4 is 11.6 Å². The van der Waals surface area contributed by atoms with Crippen molar-refractivity contribution in [1.82, 2.24) is 0 Å². The number of hydrogen-bond acceptors (Lipinski definition) is 2. The van der Waals surface area contributed by atoms with E-state index in [9.17, 15) is 0 Å². The number of ether oxygens (including phenoxy) is 1. The predicted octanol–water partition coefficient (Wildman–Crippen LogP) is 3.85. The lowest BCUT2D eigenvalue weighted by molar-refractivity contribution is 0.119. The predicted molar refractivity (Wildman–Crippen MR) is 94.8 cm³/mol. The summed E-state index contributed by atoms with van der Waals surface area (Å²) in [5.74, 6) is 1.33. The number of benzene rings is 2. The van der Waals surface area contributed by atoms with Crippen molar-refractivity contribution in [3.8, 4) is 5.75 Å². The quantitative estimate of drug-likeness (QED) is 0.651. The highest BCUT2D eigenvalue weighted by Gasteiger charge is 2.19. The third-order valence-electron chi connectivity index (χ3n) is 4.03. The number of rotatable bonds is 5. The summed E-state index contributed by atoms with van der Waals surface area (Å²) in [5, 5.41) is 3.12. The lowest BCUT2D eigenvalue weighted by Crippen LogP contribution is -2.25. The van der Waals surface area contributed by atoms with Gasteiger partial charge in [-0.2, -0.15) is 0 Å². The molecule has 0 aliphatic heterocycles. The molecule has 23 heavy (non-hydrogen) atoms. The molecule has 2 aromatic rings. The van der Waals surface area contributed by atoms with Crippen molar-refractivity contribution in [2.45, 2.75) is 38.8 Å². The Labute approximate surface area is 137 Å². The molecule has 0 atom stereocenters. The first-order chi connectivity index (χ1) is 11.2. The fourth-order valence-electron chi connectivity index (χ4n) is 2.50. The van der Waals surface area contributed by atoms with Crippen LogP contribution < -0.4 is 15.8 Å². The summed E-state index contributed by atoms with van der Waals surface area (Å²) in [6.45, 7) is 2.56. The van der Waals surface area contributed by atoms with Crippen LogP contribution in [0.25, 0.3) is 0 Å². The van der Waals surface area contributed by atoms with Gasteiger partial charge in [0.1, 0.15) is 5.75 Å². The molecule has 4 heteroatoms. The van der Waals surface area contributed by atoms with Gasteiger partial charge in [0, 0.05) is 11.3 Å². The molecule has 0 aromatic heterocycles. The highest BCUT2D eigenvalue weighted by atomic mass is 16.5. The monoisotopic (exact) mass is 309 g/mol. The summed E-state index contributed by atoms with van der Waals surface area (Å²) in [7, 11) is 0. The Morgan fingerprint density at radius 3 is 2.78 bits per heavy atom. The number of aliphatic imine (C=N–C) groups is 1. The first-order valence-electron chi connectivity index (χ1n) is 8.09. The van der Waals surface area contributed by atoms with Crippen LogP contribution in [-0.2, 0) is 6.54 Å². The molecule has 0 saturated heterocycles. The molecular formula is C19H23N3O. The average molecular weight is 309 g/mol. The maximum absolute atomic E-state index is 6.02. The highest BCUT2D eigenvalue weighted by Crippen LogP contribution is 2.27. The molecule has 0 spiro atoms. The molecular weight excluding hydrogens is 286 g/mol. The fraction of sp³-hybridized carbons (Fsp3) is 0.316. The minimum atomic E-state index is 0.364. The van der Waals surface area contributed by atoms with Gasteiger partial charge in [-0.1, -0.05) is 30.3 Å². The van der Waals surface area contributed by atoms with Crippen LogP contribution in [-0.4, -0.2) is 12.1 Å². The van der Waals surface area contributed by atoms with E-state index in [2.05, 4.69) is 10.3 Å². The van der Waals surface area contributed by atoms with Crippen LogP contribution in [0, 0.1) is 6.92 Å². The van der Waals surface area contributed by atoms with E-state index in [1.165, 1.54) is 12.0 Å². The van der Waals surface area contributed by atoms with Gasteiger partial charge in [-0.15, -0.1) is 0 Å². The van der Waals surface area contributed by atoms with Gasteiger partial charge in [-0.05, 0) is 49.9 Å². The largest absolute Gasteiger partial charge is 0.490 e. The van der Waals surface area contributed by atoms with E-state index in [-0.39, 0.29) is 0 Å². The minimum absolute atomic E-state index is 0.364. The van der Waals surface area contributed by atoms with Gasteiger partial charge in [0.2, 0.25) is 0 Å². The second-order valence-corrected chi connectivity index (χ2v) is 5.97. The molecule has 1 saturated carbocycles. The summed E-state index contributed by atoms with van der Waals surface area (Å²) in [5.41, 5.74) is 9.19. The molecule has 2 aromatic carbocycles. The number of guanidine groups is 1. The SMILES string of the molecule is Cc1cccc(NC(N)=NCc2ccccc2OC2CCC2)c1. The second kappa shape index (κ2) is 7.18. The molecule has 0 radical (unpaired) electrons. The Bertz CT molecular complexity index is 693. The Hall–Kier alpha value is -2.49. The number of hydrogen-bond donors (Lipinski definition) is 2. The standard InChI is InChI=1S/C19H23N3O/c1-14-6-4-8-16(12-14)22-19(20)21-13-15-7-2-3-11-18(15)23-17-9-5-10-17/h2-4,6-8,11-12,17H,5,9-10,13H2,1H3,(H3,20,21,22). The molecule has 0 unspecified atom stereocenters. The lowest BCUT2D eigenvalue weighted by atomic mass is 9.96. The van der Waals surface area contributed by atoms with Crippen LogP contribution in [0.1, 0.15) is 30.4 Å². The van der Waals surface area contributed by atoms with Gasteiger partial charge in [0.05, 0.1) is 12.6 Å². The van der Waals surface area contributed by atoms with Crippen LogP contribution in [0.4, 0.5) is 5.69 Å². The van der Waals surface area contributed by atoms with E-state index in [1.807, 2.05) is 55.5 Å². The zero-order chi connectivity index (χ0) is 16.1. The van der Waals surface area contributed by atoms with Crippen molar-refractivity contribution < 1.29 is 4.74 Å². The number of para-hydroxylation sites is 1. The van der Waals surface area contributed by atoms with E-state index in [4.69, 9.17) is 10.5 Å². The van der Waals surface area contributed by atoms with E-state index >= 15 is 0 Å². The van der Waals surface area contributed by atoms with Crippen molar-refractivity contribution in [3.63, 3.8) is 0 Å². The average Bonchev–Trinajstić information content (AvgIpc) is 2.50. The van der Waals surface area contributed by atoms with Gasteiger partial charge in [-0.25, -0.2) is 4.99 Å². The third-order valence-corrected chi connectivity index (χ3v) is 4.03. The minimum Gasteiger partial charge on any atom is -0.490 e. The smallest absolute Gasteiger partial charge is 0.193 e. The topological polar surface area (TPSA) is 59.6 Å². The lowest BCUT2D eigenvalue weighted by Gasteiger charge is -2.27. The van der Waals surface area contributed by atoms with E-state index < -0.39 is 0 Å². The molecule has 120 valence electrons. The number of aryl methyl sites for hydroxylation is 1. The van der Waals surface area contributed by atoms with Crippen LogP contribution in [0.5, 0.6) is 5.75 Å². The zero-order valence-electron chi connectivity index (χ0n) is 13.5. The molecule has 0 bridgehead atoms. The molecule has 0 heterocycles. The number of nitrogens with one attached hydrogen (secondary N) is 1. The Morgan fingerprint density at radius 1 is 1.22 bits per heavy atom. The van der Waals surface area contributed by atoms with Crippen molar-refractivity contribution in [2.75, 3.05) is 5.32 Å². The van der Waals surface area contributed by atoms with Gasteiger partial charge in [-0.3, -0.25) is 0 Å². The Balaban J connectivity index is 1.64. The molecule has 1 fully saturated rings. The summed E-state index contributed by atoms with van der Waals surface area (Å²) < 4.78 is 6.02. The number of anilines is 1. The van der Waals surface area contributed by atoms with Gasteiger partial charge in [0.25, 0.3) is 0 Å². The van der Waals surface area contributed by atoms with E-state index in [1.54, 1.807) is 0 Å². The fourth-order valence-corrected chi connectivity index (χ4v) is 2.50. The van der Waals surface area contributed by atoms with E-state index in [0.29, 0.717) is 18.6 Å². The first kappa shape index (κ1) is 15.4. The zero-order valence-corrected chi connectivity index (χ0v) is 13.5. The number of nitrogens with zero attached hydrogens (tertiary/aromatic N) is 1. The molecule has 1 aliphatic carbocycles. The first-order valence-corrected chi connectivity index (χ1v) is 8.09. The van der Waals surface area contributed by atoms with Crippen LogP contribution in [0.3, 0.4) is 0 Å². The number of nitrogens with two attached hydrogens (primary N) is 1. The highest BCUT2D eigenvalue weighted by molar-refractivity contribution is 5.92. The van der Waals surface area contributed by atoms with Crippen molar-refractivity contribution in [2.24, 2.45) is 10.7 Å². The normalized spacial score (nSPS) is 15.1. The Kier molecular flexibility index (Phi) is 4.81. The van der Waals surface area contributed by atoms with Crippen LogP contribution in [0.2, 0.25) is 0 Å². The molecule has 1 aliphatic rings.